The Morgan fingerprint density at radius 1 is 1.10 bits per heavy atom. The molecule has 0 saturated carbocycles. The molecule has 31 heavy (non-hydrogen) atoms. The van der Waals surface area contributed by atoms with Gasteiger partial charge in [0.15, 0.2) is 0 Å². The maximum absolute atomic E-state index is 13.3. The molecule has 0 spiro atoms. The van der Waals surface area contributed by atoms with Gasteiger partial charge in [0.25, 0.3) is 5.91 Å². The summed E-state index contributed by atoms with van der Waals surface area (Å²) >= 11 is 0. The molecule has 1 amide bonds. The van der Waals surface area contributed by atoms with Crippen LogP contribution in [0.3, 0.4) is 0 Å². The van der Waals surface area contributed by atoms with Crippen LogP contribution in [-0.4, -0.2) is 35.0 Å². The number of carbonyl (C=O) groups excluding carboxylic acids is 2. The van der Waals surface area contributed by atoms with Crippen molar-refractivity contribution in [1.82, 2.24) is 9.47 Å². The van der Waals surface area contributed by atoms with Crippen molar-refractivity contribution in [1.29, 1.82) is 0 Å². The molecule has 1 aliphatic rings. The van der Waals surface area contributed by atoms with E-state index in [1.807, 2.05) is 19.9 Å². The average molecular weight is 421 g/mol. The average Bonchev–Trinajstić information content (AvgIpc) is 3.09. The number of esters is 1. The van der Waals surface area contributed by atoms with Crippen LogP contribution in [0, 0.1) is 33.6 Å². The van der Waals surface area contributed by atoms with Gasteiger partial charge in [-0.15, -0.1) is 0 Å². The number of allylic oxidation sites excluding steroid dienone is 1. The third-order valence-corrected chi connectivity index (χ3v) is 5.81. The van der Waals surface area contributed by atoms with Crippen molar-refractivity contribution in [3.8, 4) is 5.69 Å². The molecule has 1 aromatic heterocycles. The van der Waals surface area contributed by atoms with E-state index in [9.17, 15) is 9.59 Å². The maximum atomic E-state index is 13.3. The third-order valence-electron chi connectivity index (χ3n) is 5.81. The van der Waals surface area contributed by atoms with Crippen LogP contribution in [0.15, 0.2) is 41.1 Å². The summed E-state index contributed by atoms with van der Waals surface area (Å²) in [4.78, 5) is 27.5. The number of methoxy groups -OCH3 is 1. The van der Waals surface area contributed by atoms with Crippen LogP contribution in [0.4, 0.5) is 0 Å². The lowest BCUT2D eigenvalue weighted by atomic mass is 10.0. The molecule has 5 nitrogen and oxygen atoms in total. The third kappa shape index (κ3) is 4.09. The number of nitrogens with zero attached hydrogens (tertiary/aromatic N) is 2. The Labute approximate surface area is 185 Å². The van der Waals surface area contributed by atoms with E-state index >= 15 is 0 Å². The van der Waals surface area contributed by atoms with E-state index in [-0.39, 0.29) is 11.8 Å². The standard InChI is InChI=1S/C26H32N2O3/c1-15(2)14-27-20(7)24(26(30)31-8)22(25(27)29)13-21-12-18(5)28(19(21)6)23-10-9-16(3)11-17(23)4/h9-13,15H,14H2,1-8H3/b22-13-. The molecule has 164 valence electrons. The van der Waals surface area contributed by atoms with Crippen molar-refractivity contribution in [3.63, 3.8) is 0 Å². The summed E-state index contributed by atoms with van der Waals surface area (Å²) in [7, 11) is 1.35. The lowest BCUT2D eigenvalue weighted by Gasteiger charge is -2.19. The molecule has 1 aromatic carbocycles. The van der Waals surface area contributed by atoms with Gasteiger partial charge in [0.2, 0.25) is 0 Å². The van der Waals surface area contributed by atoms with Crippen LogP contribution in [0.25, 0.3) is 11.8 Å². The maximum Gasteiger partial charge on any atom is 0.340 e. The monoisotopic (exact) mass is 420 g/mol. The van der Waals surface area contributed by atoms with Gasteiger partial charge in [0.1, 0.15) is 0 Å². The fourth-order valence-corrected chi connectivity index (χ4v) is 4.33. The minimum absolute atomic E-state index is 0.150. The second kappa shape index (κ2) is 8.58. The molecule has 5 heteroatoms. The number of carbonyl (C=O) groups is 2. The molecule has 0 fully saturated rings. The predicted molar refractivity (Wildman–Crippen MR) is 124 cm³/mol. The topological polar surface area (TPSA) is 51.5 Å². The zero-order valence-electron chi connectivity index (χ0n) is 19.8. The Kier molecular flexibility index (Phi) is 6.25. The van der Waals surface area contributed by atoms with E-state index in [0.29, 0.717) is 23.4 Å². The van der Waals surface area contributed by atoms with Crippen molar-refractivity contribution in [2.24, 2.45) is 5.92 Å². The van der Waals surface area contributed by atoms with Crippen molar-refractivity contribution in [3.05, 3.63) is 69.2 Å². The van der Waals surface area contributed by atoms with Gasteiger partial charge in [0, 0.05) is 29.3 Å². The van der Waals surface area contributed by atoms with E-state index < -0.39 is 5.97 Å². The number of aryl methyl sites for hydroxylation is 3. The van der Waals surface area contributed by atoms with Gasteiger partial charge in [0.05, 0.1) is 18.3 Å². The summed E-state index contributed by atoms with van der Waals surface area (Å²) in [6.45, 7) is 14.8. The minimum atomic E-state index is -0.480. The molecule has 0 atom stereocenters. The Hall–Kier alpha value is -3.08. The number of rotatable bonds is 5. The lowest BCUT2D eigenvalue weighted by Crippen LogP contribution is -2.28. The van der Waals surface area contributed by atoms with Crippen molar-refractivity contribution in [2.75, 3.05) is 13.7 Å². The summed E-state index contributed by atoms with van der Waals surface area (Å²) in [6, 6.07) is 8.45. The van der Waals surface area contributed by atoms with E-state index in [1.165, 1.54) is 18.2 Å². The molecule has 3 rings (SSSR count). The number of ether oxygens (including phenoxy) is 1. The van der Waals surface area contributed by atoms with Crippen LogP contribution in [0.2, 0.25) is 0 Å². The van der Waals surface area contributed by atoms with Crippen LogP contribution in [0.5, 0.6) is 0 Å². The Morgan fingerprint density at radius 2 is 1.77 bits per heavy atom. The first-order chi connectivity index (χ1) is 14.6. The van der Waals surface area contributed by atoms with Gasteiger partial charge in [-0.1, -0.05) is 31.5 Å². The normalized spacial score (nSPS) is 15.6. The molecular weight excluding hydrogens is 388 g/mol. The molecular formula is C26H32N2O3. The van der Waals surface area contributed by atoms with Crippen molar-refractivity contribution >= 4 is 18.0 Å². The molecule has 0 unspecified atom stereocenters. The predicted octanol–water partition coefficient (Wildman–Crippen LogP) is 5.04. The van der Waals surface area contributed by atoms with Crippen LogP contribution in [0.1, 0.15) is 48.8 Å². The fraction of sp³-hybridized carbons (Fsp3) is 0.385. The number of hydrogen-bond acceptors (Lipinski definition) is 3. The van der Waals surface area contributed by atoms with Gasteiger partial charge >= 0.3 is 5.97 Å². The number of benzene rings is 1. The van der Waals surface area contributed by atoms with Gasteiger partial charge in [-0.3, -0.25) is 4.79 Å². The second-order valence-corrected chi connectivity index (χ2v) is 8.77. The highest BCUT2D eigenvalue weighted by atomic mass is 16.5. The molecule has 0 radical (unpaired) electrons. The first-order valence-electron chi connectivity index (χ1n) is 10.7. The van der Waals surface area contributed by atoms with E-state index in [1.54, 1.807) is 4.90 Å². The highest BCUT2D eigenvalue weighted by molar-refractivity contribution is 6.16. The first-order valence-corrected chi connectivity index (χ1v) is 10.7. The number of hydrogen-bond donors (Lipinski definition) is 0. The van der Waals surface area contributed by atoms with Gasteiger partial charge in [-0.05, 0) is 69.9 Å². The van der Waals surface area contributed by atoms with Gasteiger partial charge < -0.3 is 14.2 Å². The van der Waals surface area contributed by atoms with Crippen LogP contribution < -0.4 is 0 Å². The van der Waals surface area contributed by atoms with Crippen LogP contribution >= 0.6 is 0 Å². The Balaban J connectivity index is 2.14. The first kappa shape index (κ1) is 22.6. The molecule has 0 aliphatic carbocycles. The quantitative estimate of drug-likeness (QED) is 0.503. The molecule has 2 aromatic rings. The molecule has 0 N–H and O–H groups in total. The SMILES string of the molecule is COC(=O)C1=C(C)N(CC(C)C)C(=O)/C1=C\c1cc(C)n(-c2ccc(C)cc2C)c1C. The molecule has 0 bridgehead atoms. The zero-order chi connectivity index (χ0) is 23.0. The molecule has 0 saturated heterocycles. The molecule has 2 heterocycles. The van der Waals surface area contributed by atoms with Gasteiger partial charge in [-0.25, -0.2) is 4.79 Å². The summed E-state index contributed by atoms with van der Waals surface area (Å²) < 4.78 is 7.20. The summed E-state index contributed by atoms with van der Waals surface area (Å²) in [5.41, 5.74) is 7.93. The Morgan fingerprint density at radius 3 is 2.35 bits per heavy atom. The highest BCUT2D eigenvalue weighted by Gasteiger charge is 2.37. The number of amides is 1. The summed E-state index contributed by atoms with van der Waals surface area (Å²) in [6.07, 6.45) is 1.83. The van der Waals surface area contributed by atoms with E-state index in [2.05, 4.69) is 63.5 Å². The lowest BCUT2D eigenvalue weighted by molar-refractivity contribution is -0.136. The zero-order valence-corrected chi connectivity index (χ0v) is 19.8. The second-order valence-electron chi connectivity index (χ2n) is 8.77. The largest absolute Gasteiger partial charge is 0.465 e. The smallest absolute Gasteiger partial charge is 0.340 e. The number of aromatic nitrogens is 1. The van der Waals surface area contributed by atoms with E-state index in [4.69, 9.17) is 4.74 Å². The van der Waals surface area contributed by atoms with Crippen LogP contribution in [-0.2, 0) is 14.3 Å². The highest BCUT2D eigenvalue weighted by Crippen LogP contribution is 2.34. The van der Waals surface area contributed by atoms with Crippen molar-refractivity contribution in [2.45, 2.75) is 48.5 Å². The minimum Gasteiger partial charge on any atom is -0.465 e. The fourth-order valence-electron chi connectivity index (χ4n) is 4.33. The molecule has 1 aliphatic heterocycles. The van der Waals surface area contributed by atoms with Gasteiger partial charge in [-0.2, -0.15) is 0 Å². The summed E-state index contributed by atoms with van der Waals surface area (Å²) in [5.74, 6) is -0.346. The summed E-state index contributed by atoms with van der Waals surface area (Å²) in [5, 5.41) is 0. The van der Waals surface area contributed by atoms with Crippen molar-refractivity contribution < 1.29 is 14.3 Å². The Bertz CT molecular complexity index is 1120. The van der Waals surface area contributed by atoms with E-state index in [0.717, 1.165) is 22.6 Å².